The van der Waals surface area contributed by atoms with Crippen molar-refractivity contribution in [1.82, 2.24) is 4.72 Å². The first-order valence-corrected chi connectivity index (χ1v) is 9.19. The SMILES string of the molecule is CC1(NS(=O)(=O)c2cccc(C(=O)Nc3ccc(F)c(O)c3)c2)COC1. The minimum atomic E-state index is -3.82. The average molecular weight is 380 g/mol. The normalized spacial score (nSPS) is 15.9. The van der Waals surface area contributed by atoms with Gasteiger partial charge in [-0.15, -0.1) is 0 Å². The van der Waals surface area contributed by atoms with Crippen LogP contribution < -0.4 is 10.0 Å². The van der Waals surface area contributed by atoms with Crippen molar-refractivity contribution < 1.29 is 27.4 Å². The van der Waals surface area contributed by atoms with Gasteiger partial charge in [-0.05, 0) is 37.3 Å². The Hall–Kier alpha value is -2.49. The molecule has 138 valence electrons. The zero-order valence-corrected chi connectivity index (χ0v) is 14.6. The van der Waals surface area contributed by atoms with Crippen LogP contribution in [0.3, 0.4) is 0 Å². The fraction of sp³-hybridized carbons (Fsp3) is 0.235. The number of halogens is 1. The van der Waals surface area contributed by atoms with E-state index in [4.69, 9.17) is 4.74 Å². The summed E-state index contributed by atoms with van der Waals surface area (Å²) >= 11 is 0. The maximum absolute atomic E-state index is 13.1. The predicted octanol–water partition coefficient (Wildman–Crippen LogP) is 1.85. The van der Waals surface area contributed by atoms with Gasteiger partial charge in [-0.25, -0.2) is 17.5 Å². The molecule has 1 heterocycles. The number of sulfonamides is 1. The Balaban J connectivity index is 1.79. The summed E-state index contributed by atoms with van der Waals surface area (Å²) in [6, 6.07) is 8.88. The highest BCUT2D eigenvalue weighted by atomic mass is 32.2. The summed E-state index contributed by atoms with van der Waals surface area (Å²) < 4.78 is 45.6. The molecule has 1 aliphatic heterocycles. The molecular formula is C17H17FN2O5S. The number of hydrogen-bond acceptors (Lipinski definition) is 5. The first-order chi connectivity index (χ1) is 12.2. The van der Waals surface area contributed by atoms with Crippen molar-refractivity contribution >= 4 is 21.6 Å². The molecule has 0 unspecified atom stereocenters. The summed E-state index contributed by atoms with van der Waals surface area (Å²) in [6.07, 6.45) is 0. The Kier molecular flexibility index (Phi) is 4.70. The molecule has 0 saturated carbocycles. The number of amides is 1. The van der Waals surface area contributed by atoms with E-state index in [1.54, 1.807) is 6.92 Å². The quantitative estimate of drug-likeness (QED) is 0.734. The highest BCUT2D eigenvalue weighted by molar-refractivity contribution is 7.89. The van der Waals surface area contributed by atoms with E-state index in [-0.39, 0.29) is 29.4 Å². The van der Waals surface area contributed by atoms with E-state index in [1.165, 1.54) is 30.3 Å². The van der Waals surface area contributed by atoms with Gasteiger partial charge in [0.15, 0.2) is 11.6 Å². The largest absolute Gasteiger partial charge is 0.505 e. The number of ether oxygens (including phenoxy) is 1. The molecule has 1 fully saturated rings. The molecule has 2 aromatic rings. The third kappa shape index (κ3) is 3.85. The number of carbonyl (C=O) groups excluding carboxylic acids is 1. The number of anilines is 1. The standard InChI is InChI=1S/C17H17FN2O5S/c1-17(9-25-10-17)20-26(23,24)13-4-2-3-11(7-13)16(22)19-12-5-6-14(18)15(21)8-12/h2-8,20-21H,9-10H2,1H3,(H,19,22). The van der Waals surface area contributed by atoms with Gasteiger partial charge in [0.1, 0.15) is 0 Å². The summed E-state index contributed by atoms with van der Waals surface area (Å²) in [5.74, 6) is -2.00. The third-order valence-electron chi connectivity index (χ3n) is 3.83. The van der Waals surface area contributed by atoms with Gasteiger partial charge in [-0.1, -0.05) is 6.07 Å². The van der Waals surface area contributed by atoms with Crippen molar-refractivity contribution in [3.8, 4) is 5.75 Å². The van der Waals surface area contributed by atoms with Gasteiger partial charge in [-0.3, -0.25) is 4.79 Å². The number of phenolic OH excluding ortho intramolecular Hbond substituents is 1. The van der Waals surface area contributed by atoms with E-state index in [1.807, 2.05) is 0 Å². The number of rotatable bonds is 5. The summed E-state index contributed by atoms with van der Waals surface area (Å²) in [5.41, 5.74) is -0.381. The topological polar surface area (TPSA) is 105 Å². The van der Waals surface area contributed by atoms with Gasteiger partial charge in [0, 0.05) is 17.3 Å². The molecule has 0 radical (unpaired) electrons. The van der Waals surface area contributed by atoms with Gasteiger partial charge in [0.05, 0.1) is 23.6 Å². The summed E-state index contributed by atoms with van der Waals surface area (Å²) in [6.45, 7) is 2.28. The summed E-state index contributed by atoms with van der Waals surface area (Å²) in [5, 5.41) is 11.8. The molecule has 1 amide bonds. The number of aromatic hydroxyl groups is 1. The van der Waals surface area contributed by atoms with Crippen LogP contribution in [0.1, 0.15) is 17.3 Å². The van der Waals surface area contributed by atoms with Crippen molar-refractivity contribution in [2.24, 2.45) is 0 Å². The van der Waals surface area contributed by atoms with Gasteiger partial charge in [0.25, 0.3) is 5.91 Å². The maximum atomic E-state index is 13.1. The van der Waals surface area contributed by atoms with Crippen LogP contribution in [0.25, 0.3) is 0 Å². The van der Waals surface area contributed by atoms with Crippen molar-refractivity contribution in [2.45, 2.75) is 17.4 Å². The highest BCUT2D eigenvalue weighted by Crippen LogP contribution is 2.22. The van der Waals surface area contributed by atoms with Crippen LogP contribution in [0.2, 0.25) is 0 Å². The van der Waals surface area contributed by atoms with Crippen molar-refractivity contribution in [3.05, 3.63) is 53.8 Å². The second kappa shape index (κ2) is 6.67. The monoisotopic (exact) mass is 380 g/mol. The maximum Gasteiger partial charge on any atom is 0.255 e. The fourth-order valence-corrected chi connectivity index (χ4v) is 3.87. The Morgan fingerprint density at radius 3 is 2.58 bits per heavy atom. The molecule has 0 spiro atoms. The molecule has 0 atom stereocenters. The van der Waals surface area contributed by atoms with Crippen molar-refractivity contribution in [2.75, 3.05) is 18.5 Å². The van der Waals surface area contributed by atoms with E-state index in [0.29, 0.717) is 0 Å². The molecule has 9 heteroatoms. The minimum Gasteiger partial charge on any atom is -0.505 e. The van der Waals surface area contributed by atoms with E-state index in [2.05, 4.69) is 10.0 Å². The Labute approximate surface area is 149 Å². The van der Waals surface area contributed by atoms with Crippen molar-refractivity contribution in [1.29, 1.82) is 0 Å². The lowest BCUT2D eigenvalue weighted by molar-refractivity contribution is -0.0523. The Morgan fingerprint density at radius 2 is 1.96 bits per heavy atom. The van der Waals surface area contributed by atoms with Crippen LogP contribution in [-0.2, 0) is 14.8 Å². The van der Waals surface area contributed by atoms with Gasteiger partial charge in [-0.2, -0.15) is 0 Å². The summed E-state index contributed by atoms with van der Waals surface area (Å²) in [7, 11) is -3.82. The summed E-state index contributed by atoms with van der Waals surface area (Å²) in [4.78, 5) is 12.3. The minimum absolute atomic E-state index is 0.0553. The number of hydrogen-bond donors (Lipinski definition) is 3. The van der Waals surface area contributed by atoms with Crippen molar-refractivity contribution in [3.63, 3.8) is 0 Å². The van der Waals surface area contributed by atoms with Gasteiger partial charge < -0.3 is 15.2 Å². The van der Waals surface area contributed by atoms with Gasteiger partial charge in [0.2, 0.25) is 10.0 Å². The van der Waals surface area contributed by atoms with E-state index in [0.717, 1.165) is 12.1 Å². The molecule has 1 saturated heterocycles. The number of benzene rings is 2. The average Bonchev–Trinajstić information content (AvgIpc) is 2.56. The molecule has 26 heavy (non-hydrogen) atoms. The van der Waals surface area contributed by atoms with Crippen LogP contribution in [0.4, 0.5) is 10.1 Å². The third-order valence-corrected chi connectivity index (χ3v) is 5.47. The lowest BCUT2D eigenvalue weighted by atomic mass is 10.0. The van der Waals surface area contributed by atoms with Crippen LogP contribution in [0, 0.1) is 5.82 Å². The number of carbonyl (C=O) groups is 1. The smallest absolute Gasteiger partial charge is 0.255 e. The molecule has 2 aromatic carbocycles. The molecule has 3 N–H and O–H groups in total. The van der Waals surface area contributed by atoms with Crippen LogP contribution in [-0.4, -0.2) is 38.2 Å². The first-order valence-electron chi connectivity index (χ1n) is 7.70. The number of phenols is 1. The second-order valence-electron chi connectivity index (χ2n) is 6.31. The van der Waals surface area contributed by atoms with Crippen LogP contribution >= 0.6 is 0 Å². The molecular weight excluding hydrogens is 363 g/mol. The highest BCUT2D eigenvalue weighted by Gasteiger charge is 2.37. The molecule has 3 rings (SSSR count). The zero-order chi connectivity index (χ0) is 18.9. The molecule has 1 aliphatic rings. The van der Waals surface area contributed by atoms with E-state index >= 15 is 0 Å². The van der Waals surface area contributed by atoms with Gasteiger partial charge >= 0.3 is 0 Å². The van der Waals surface area contributed by atoms with Crippen LogP contribution in [0.15, 0.2) is 47.4 Å². The molecule has 0 aliphatic carbocycles. The lowest BCUT2D eigenvalue weighted by Gasteiger charge is -2.38. The Morgan fingerprint density at radius 1 is 1.23 bits per heavy atom. The number of nitrogens with one attached hydrogen (secondary N) is 2. The van der Waals surface area contributed by atoms with Crippen LogP contribution in [0.5, 0.6) is 5.75 Å². The second-order valence-corrected chi connectivity index (χ2v) is 7.99. The molecule has 7 nitrogen and oxygen atoms in total. The van der Waals surface area contributed by atoms with E-state index in [9.17, 15) is 22.7 Å². The zero-order valence-electron chi connectivity index (χ0n) is 13.8. The fourth-order valence-electron chi connectivity index (χ4n) is 2.45. The lowest BCUT2D eigenvalue weighted by Crippen LogP contribution is -2.59. The molecule has 0 bridgehead atoms. The first kappa shape index (κ1) is 18.3. The predicted molar refractivity (Wildman–Crippen MR) is 92.0 cm³/mol. The molecule has 0 aromatic heterocycles. The Bertz CT molecular complexity index is 957. The van der Waals surface area contributed by atoms with E-state index < -0.39 is 33.0 Å².